The van der Waals surface area contributed by atoms with Crippen LogP contribution in [0, 0.1) is 0 Å². The first-order valence-corrected chi connectivity index (χ1v) is 8.56. The van der Waals surface area contributed by atoms with Crippen molar-refractivity contribution in [3.05, 3.63) is 78.6 Å². The first-order chi connectivity index (χ1) is 13.2. The van der Waals surface area contributed by atoms with Crippen LogP contribution in [0.15, 0.2) is 73.1 Å². The van der Waals surface area contributed by atoms with E-state index in [0.717, 1.165) is 5.56 Å². The SMILES string of the molecule is O=C1CC(C(=O)Nc2cccc(Oc3ccncc3)c2)c2ccccc2N1. The van der Waals surface area contributed by atoms with Gasteiger partial charge in [-0.15, -0.1) is 0 Å². The molecule has 1 aliphatic rings. The number of hydrogen-bond donors (Lipinski definition) is 2. The molecule has 0 fully saturated rings. The summed E-state index contributed by atoms with van der Waals surface area (Å²) in [4.78, 5) is 28.7. The van der Waals surface area contributed by atoms with Gasteiger partial charge in [-0.05, 0) is 35.9 Å². The highest BCUT2D eigenvalue weighted by Gasteiger charge is 2.30. The molecular formula is C21H17N3O3. The smallest absolute Gasteiger partial charge is 0.232 e. The average molecular weight is 359 g/mol. The number of aromatic nitrogens is 1. The van der Waals surface area contributed by atoms with E-state index in [0.29, 0.717) is 22.9 Å². The van der Waals surface area contributed by atoms with E-state index in [1.807, 2.05) is 18.2 Å². The second-order valence-corrected chi connectivity index (χ2v) is 6.19. The number of nitrogens with one attached hydrogen (secondary N) is 2. The average Bonchev–Trinajstić information content (AvgIpc) is 2.68. The number of carbonyl (C=O) groups excluding carboxylic acids is 2. The maximum atomic E-state index is 12.8. The molecule has 134 valence electrons. The van der Waals surface area contributed by atoms with Crippen molar-refractivity contribution in [3.63, 3.8) is 0 Å². The Bertz CT molecular complexity index is 989. The van der Waals surface area contributed by atoms with Gasteiger partial charge in [0.25, 0.3) is 0 Å². The highest BCUT2D eigenvalue weighted by molar-refractivity contribution is 6.05. The summed E-state index contributed by atoms with van der Waals surface area (Å²) in [5.41, 5.74) is 2.11. The Morgan fingerprint density at radius 1 is 1.04 bits per heavy atom. The standard InChI is InChI=1S/C21H17N3O3/c25-20-13-18(17-6-1-2-7-19(17)24-20)21(26)23-14-4-3-5-16(12-14)27-15-8-10-22-11-9-15/h1-12,18H,13H2,(H,23,26)(H,24,25). The molecule has 0 saturated carbocycles. The van der Waals surface area contributed by atoms with Crippen molar-refractivity contribution in [2.45, 2.75) is 12.3 Å². The van der Waals surface area contributed by atoms with Gasteiger partial charge in [-0.3, -0.25) is 14.6 Å². The molecule has 1 aliphatic heterocycles. The van der Waals surface area contributed by atoms with Gasteiger partial charge in [0.05, 0.1) is 5.92 Å². The predicted octanol–water partition coefficient (Wildman–Crippen LogP) is 3.94. The Labute approximate surface area is 156 Å². The normalized spacial score (nSPS) is 15.4. The van der Waals surface area contributed by atoms with Gasteiger partial charge in [-0.1, -0.05) is 24.3 Å². The Kier molecular flexibility index (Phi) is 4.53. The minimum absolute atomic E-state index is 0.121. The molecule has 2 aromatic carbocycles. The van der Waals surface area contributed by atoms with Gasteiger partial charge in [0.2, 0.25) is 11.8 Å². The fourth-order valence-electron chi connectivity index (χ4n) is 3.05. The summed E-state index contributed by atoms with van der Waals surface area (Å²) in [5, 5.41) is 5.69. The highest BCUT2D eigenvalue weighted by atomic mass is 16.5. The maximum absolute atomic E-state index is 12.8. The number of carbonyl (C=O) groups is 2. The summed E-state index contributed by atoms with van der Waals surface area (Å²) >= 11 is 0. The van der Waals surface area contributed by atoms with Gasteiger partial charge < -0.3 is 15.4 Å². The predicted molar refractivity (Wildman–Crippen MR) is 102 cm³/mol. The molecule has 0 saturated heterocycles. The van der Waals surface area contributed by atoms with Crippen molar-refractivity contribution < 1.29 is 14.3 Å². The number of ether oxygens (including phenoxy) is 1. The number of nitrogens with zero attached hydrogens (tertiary/aromatic N) is 1. The second kappa shape index (κ2) is 7.29. The van der Waals surface area contributed by atoms with Crippen LogP contribution in [0.1, 0.15) is 17.9 Å². The summed E-state index contributed by atoms with van der Waals surface area (Å²) in [6.45, 7) is 0. The molecule has 0 radical (unpaired) electrons. The molecule has 1 atom stereocenters. The zero-order valence-corrected chi connectivity index (χ0v) is 14.4. The summed E-state index contributed by atoms with van der Waals surface area (Å²) in [6.07, 6.45) is 3.41. The number of amides is 2. The fourth-order valence-corrected chi connectivity index (χ4v) is 3.05. The Morgan fingerprint density at radius 3 is 2.70 bits per heavy atom. The number of fused-ring (bicyclic) bond motifs is 1. The third kappa shape index (κ3) is 3.79. The molecule has 6 nitrogen and oxygen atoms in total. The van der Waals surface area contributed by atoms with Gasteiger partial charge in [0.1, 0.15) is 11.5 Å². The molecule has 4 rings (SSSR count). The first kappa shape index (κ1) is 16.8. The quantitative estimate of drug-likeness (QED) is 0.739. The molecular weight excluding hydrogens is 342 g/mol. The van der Waals surface area contributed by atoms with E-state index < -0.39 is 5.92 Å². The number of hydrogen-bond acceptors (Lipinski definition) is 4. The minimum Gasteiger partial charge on any atom is -0.457 e. The molecule has 0 spiro atoms. The zero-order chi connectivity index (χ0) is 18.6. The van der Waals surface area contributed by atoms with E-state index in [9.17, 15) is 9.59 Å². The van der Waals surface area contributed by atoms with E-state index in [4.69, 9.17) is 4.74 Å². The monoisotopic (exact) mass is 359 g/mol. The van der Waals surface area contributed by atoms with Crippen LogP contribution in [0.25, 0.3) is 0 Å². The molecule has 3 aromatic rings. The summed E-state index contributed by atoms with van der Waals surface area (Å²) in [5.74, 6) is 0.342. The lowest BCUT2D eigenvalue weighted by Crippen LogP contribution is -2.30. The van der Waals surface area contributed by atoms with E-state index in [1.165, 1.54) is 0 Å². The number of pyridine rings is 1. The van der Waals surface area contributed by atoms with Crippen LogP contribution in [-0.4, -0.2) is 16.8 Å². The van der Waals surface area contributed by atoms with E-state index in [2.05, 4.69) is 15.6 Å². The lowest BCUT2D eigenvalue weighted by Gasteiger charge is -2.24. The van der Waals surface area contributed by atoms with E-state index >= 15 is 0 Å². The lowest BCUT2D eigenvalue weighted by molar-refractivity contribution is -0.123. The van der Waals surface area contributed by atoms with Crippen molar-refractivity contribution in [3.8, 4) is 11.5 Å². The van der Waals surface area contributed by atoms with Crippen LogP contribution < -0.4 is 15.4 Å². The molecule has 2 N–H and O–H groups in total. The first-order valence-electron chi connectivity index (χ1n) is 8.56. The second-order valence-electron chi connectivity index (χ2n) is 6.19. The molecule has 2 heterocycles. The minimum atomic E-state index is -0.528. The molecule has 0 aliphatic carbocycles. The van der Waals surface area contributed by atoms with Crippen molar-refractivity contribution in [1.29, 1.82) is 0 Å². The van der Waals surface area contributed by atoms with Crippen LogP contribution in [0.4, 0.5) is 11.4 Å². The zero-order valence-electron chi connectivity index (χ0n) is 14.4. The largest absolute Gasteiger partial charge is 0.457 e. The fraction of sp³-hybridized carbons (Fsp3) is 0.0952. The van der Waals surface area contributed by atoms with Crippen molar-refractivity contribution in [2.24, 2.45) is 0 Å². The molecule has 1 aromatic heterocycles. The number of benzene rings is 2. The van der Waals surface area contributed by atoms with Crippen LogP contribution in [-0.2, 0) is 9.59 Å². The molecule has 1 unspecified atom stereocenters. The van der Waals surface area contributed by atoms with Gasteiger partial charge >= 0.3 is 0 Å². The van der Waals surface area contributed by atoms with Crippen molar-refractivity contribution in [1.82, 2.24) is 4.98 Å². The van der Waals surface area contributed by atoms with Gasteiger partial charge in [0, 0.05) is 36.3 Å². The van der Waals surface area contributed by atoms with Crippen LogP contribution in [0.2, 0.25) is 0 Å². The van der Waals surface area contributed by atoms with Crippen LogP contribution >= 0.6 is 0 Å². The van der Waals surface area contributed by atoms with Gasteiger partial charge in [0.15, 0.2) is 0 Å². The van der Waals surface area contributed by atoms with Gasteiger partial charge in [-0.25, -0.2) is 0 Å². The Balaban J connectivity index is 1.52. The maximum Gasteiger partial charge on any atom is 0.232 e. The third-order valence-electron chi connectivity index (χ3n) is 4.30. The topological polar surface area (TPSA) is 80.3 Å². The van der Waals surface area contributed by atoms with Crippen LogP contribution in [0.5, 0.6) is 11.5 Å². The molecule has 2 amide bonds. The van der Waals surface area contributed by atoms with Gasteiger partial charge in [-0.2, -0.15) is 0 Å². The third-order valence-corrected chi connectivity index (χ3v) is 4.30. The van der Waals surface area contributed by atoms with Crippen molar-refractivity contribution in [2.75, 3.05) is 10.6 Å². The Morgan fingerprint density at radius 2 is 1.85 bits per heavy atom. The summed E-state index contributed by atoms with van der Waals surface area (Å²) < 4.78 is 5.76. The molecule has 0 bridgehead atoms. The summed E-state index contributed by atoms with van der Waals surface area (Å²) in [7, 11) is 0. The van der Waals surface area contributed by atoms with E-state index in [1.54, 1.807) is 54.9 Å². The summed E-state index contributed by atoms with van der Waals surface area (Å²) in [6, 6.07) is 18.0. The van der Waals surface area contributed by atoms with E-state index in [-0.39, 0.29) is 18.2 Å². The lowest BCUT2D eigenvalue weighted by atomic mass is 9.90. The number of para-hydroxylation sites is 1. The number of rotatable bonds is 4. The molecule has 6 heteroatoms. The molecule has 27 heavy (non-hydrogen) atoms. The Hall–Kier alpha value is -3.67. The van der Waals surface area contributed by atoms with Crippen molar-refractivity contribution >= 4 is 23.2 Å². The van der Waals surface area contributed by atoms with Crippen LogP contribution in [0.3, 0.4) is 0 Å². The highest BCUT2D eigenvalue weighted by Crippen LogP contribution is 2.33. The number of anilines is 2.